The third-order valence-electron chi connectivity index (χ3n) is 6.20. The zero-order valence-corrected chi connectivity index (χ0v) is 18.6. The fourth-order valence-corrected chi connectivity index (χ4v) is 4.26. The van der Waals surface area contributed by atoms with E-state index in [2.05, 4.69) is 0 Å². The van der Waals surface area contributed by atoms with E-state index in [0.29, 0.717) is 17.0 Å². The lowest BCUT2D eigenvalue weighted by atomic mass is 9.94. The molecule has 0 aromatic heterocycles. The highest BCUT2D eigenvalue weighted by molar-refractivity contribution is 6.04. The van der Waals surface area contributed by atoms with E-state index in [1.807, 2.05) is 0 Å². The second kappa shape index (κ2) is 10.0. The van der Waals surface area contributed by atoms with Crippen LogP contribution in [0.3, 0.4) is 0 Å². The molecule has 1 fully saturated rings. The summed E-state index contributed by atoms with van der Waals surface area (Å²) in [6.45, 7) is -0.566. The normalized spacial score (nSPS) is 16.1. The predicted octanol–water partition coefficient (Wildman–Crippen LogP) is 3.60. The van der Waals surface area contributed by atoms with Gasteiger partial charge in [-0.05, 0) is 43.2 Å². The lowest BCUT2D eigenvalue weighted by Gasteiger charge is -2.34. The molecular formula is C25H27FN2O5. The zero-order chi connectivity index (χ0) is 23.4. The molecule has 174 valence electrons. The molecule has 7 nitrogen and oxygen atoms in total. The Morgan fingerprint density at radius 1 is 1.15 bits per heavy atom. The molecule has 2 amide bonds. The number of halogens is 1. The van der Waals surface area contributed by atoms with E-state index < -0.39 is 5.82 Å². The smallest absolute Gasteiger partial charge is 0.265 e. The van der Waals surface area contributed by atoms with Gasteiger partial charge in [0.25, 0.3) is 5.91 Å². The van der Waals surface area contributed by atoms with Crippen LogP contribution >= 0.6 is 0 Å². The number of likely N-dealkylation sites (N-methyl/N-ethyl adjacent to an activating group) is 1. The van der Waals surface area contributed by atoms with Crippen LogP contribution in [0, 0.1) is 5.82 Å². The van der Waals surface area contributed by atoms with E-state index in [1.54, 1.807) is 30.1 Å². The van der Waals surface area contributed by atoms with Crippen molar-refractivity contribution >= 4 is 23.3 Å². The number of ketones is 1. The van der Waals surface area contributed by atoms with E-state index in [4.69, 9.17) is 9.47 Å². The summed E-state index contributed by atoms with van der Waals surface area (Å²) in [6.07, 6.45) is 5.34. The molecule has 0 bridgehead atoms. The number of hydrogen-bond donors (Lipinski definition) is 0. The molecule has 1 aliphatic carbocycles. The van der Waals surface area contributed by atoms with Crippen molar-refractivity contribution < 1.29 is 28.2 Å². The molecule has 0 unspecified atom stereocenters. The van der Waals surface area contributed by atoms with Gasteiger partial charge in [0.2, 0.25) is 5.91 Å². The SMILES string of the molecule is CN(C(=O)CN1C(=O)COc2ccc(C(=O)COc3cccc(F)c3)cc21)C1CCCCC1. The number of carbonyl (C=O) groups is 3. The van der Waals surface area contributed by atoms with E-state index in [-0.39, 0.29) is 49.1 Å². The molecular weight excluding hydrogens is 427 g/mol. The lowest BCUT2D eigenvalue weighted by molar-refractivity contribution is -0.133. The van der Waals surface area contributed by atoms with Gasteiger partial charge in [0.05, 0.1) is 5.69 Å². The van der Waals surface area contributed by atoms with Gasteiger partial charge < -0.3 is 14.4 Å². The van der Waals surface area contributed by atoms with Crippen molar-refractivity contribution in [3.63, 3.8) is 0 Å². The molecule has 1 aliphatic heterocycles. The van der Waals surface area contributed by atoms with E-state index in [0.717, 1.165) is 25.7 Å². The third kappa shape index (κ3) is 5.32. The Labute approximate surface area is 192 Å². The number of nitrogens with zero attached hydrogens (tertiary/aromatic N) is 2. The third-order valence-corrected chi connectivity index (χ3v) is 6.20. The maximum atomic E-state index is 13.3. The Bertz CT molecular complexity index is 1050. The van der Waals surface area contributed by atoms with Crippen molar-refractivity contribution in [2.24, 2.45) is 0 Å². The summed E-state index contributed by atoms with van der Waals surface area (Å²) < 4.78 is 24.2. The van der Waals surface area contributed by atoms with Crippen molar-refractivity contribution in [3.05, 3.63) is 53.8 Å². The van der Waals surface area contributed by atoms with Crippen molar-refractivity contribution in [2.75, 3.05) is 31.7 Å². The van der Waals surface area contributed by atoms with Gasteiger partial charge in [-0.2, -0.15) is 0 Å². The van der Waals surface area contributed by atoms with Crippen LogP contribution in [0.15, 0.2) is 42.5 Å². The van der Waals surface area contributed by atoms with Crippen molar-refractivity contribution in [1.29, 1.82) is 0 Å². The van der Waals surface area contributed by atoms with Crippen molar-refractivity contribution in [3.8, 4) is 11.5 Å². The summed E-state index contributed by atoms with van der Waals surface area (Å²) in [5.74, 6) is -0.598. The van der Waals surface area contributed by atoms with Crippen LogP contribution in [-0.4, -0.2) is 55.3 Å². The average molecular weight is 454 g/mol. The van der Waals surface area contributed by atoms with Crippen LogP contribution in [0.2, 0.25) is 0 Å². The summed E-state index contributed by atoms with van der Waals surface area (Å²) in [5.41, 5.74) is 0.690. The zero-order valence-electron chi connectivity index (χ0n) is 18.6. The van der Waals surface area contributed by atoms with Crippen LogP contribution < -0.4 is 14.4 Å². The first-order chi connectivity index (χ1) is 15.9. The average Bonchev–Trinajstić information content (AvgIpc) is 2.84. The van der Waals surface area contributed by atoms with Gasteiger partial charge in [-0.25, -0.2) is 4.39 Å². The Kier molecular flexibility index (Phi) is 6.91. The fourth-order valence-electron chi connectivity index (χ4n) is 4.26. The van der Waals surface area contributed by atoms with Crippen LogP contribution in [-0.2, 0) is 9.59 Å². The van der Waals surface area contributed by atoms with Gasteiger partial charge in [-0.1, -0.05) is 25.3 Å². The molecule has 0 N–H and O–H groups in total. The standard InChI is InChI=1S/C25H27FN2O5/c1-27(19-7-3-2-4-8-19)24(30)14-28-21-12-17(10-11-23(21)33-16-25(28)31)22(29)15-32-20-9-5-6-18(26)13-20/h5-6,9-13,19H,2-4,7-8,14-16H2,1H3. The number of Topliss-reactive ketones (excluding diaryl/α,β-unsaturated/α-hetero) is 1. The number of anilines is 1. The summed E-state index contributed by atoms with van der Waals surface area (Å²) in [5, 5.41) is 0. The Balaban J connectivity index is 1.47. The maximum Gasteiger partial charge on any atom is 0.265 e. The van der Waals surface area contributed by atoms with E-state index in [9.17, 15) is 18.8 Å². The molecule has 0 spiro atoms. The molecule has 0 saturated heterocycles. The number of benzene rings is 2. The Morgan fingerprint density at radius 3 is 2.70 bits per heavy atom. The second-order valence-corrected chi connectivity index (χ2v) is 8.42. The first kappa shape index (κ1) is 22.8. The highest BCUT2D eigenvalue weighted by Crippen LogP contribution is 2.33. The number of hydrogen-bond acceptors (Lipinski definition) is 5. The van der Waals surface area contributed by atoms with Crippen LogP contribution in [0.1, 0.15) is 42.5 Å². The summed E-state index contributed by atoms with van der Waals surface area (Å²) >= 11 is 0. The summed E-state index contributed by atoms with van der Waals surface area (Å²) in [6, 6.07) is 10.5. The van der Waals surface area contributed by atoms with Crippen molar-refractivity contribution in [2.45, 2.75) is 38.1 Å². The maximum absolute atomic E-state index is 13.3. The van der Waals surface area contributed by atoms with Gasteiger partial charge in [0.15, 0.2) is 19.0 Å². The first-order valence-electron chi connectivity index (χ1n) is 11.2. The monoisotopic (exact) mass is 454 g/mol. The van der Waals surface area contributed by atoms with Crippen LogP contribution in [0.4, 0.5) is 10.1 Å². The second-order valence-electron chi connectivity index (χ2n) is 8.42. The fraction of sp³-hybridized carbons (Fsp3) is 0.400. The van der Waals surface area contributed by atoms with Crippen LogP contribution in [0.25, 0.3) is 0 Å². The molecule has 1 heterocycles. The van der Waals surface area contributed by atoms with Gasteiger partial charge >= 0.3 is 0 Å². The van der Waals surface area contributed by atoms with Gasteiger partial charge in [-0.3, -0.25) is 19.3 Å². The topological polar surface area (TPSA) is 76.2 Å². The Hall–Kier alpha value is -3.42. The molecule has 0 radical (unpaired) electrons. The number of carbonyl (C=O) groups excluding carboxylic acids is 3. The number of ether oxygens (including phenoxy) is 2. The van der Waals surface area contributed by atoms with E-state index >= 15 is 0 Å². The summed E-state index contributed by atoms with van der Waals surface area (Å²) in [4.78, 5) is 41.3. The highest BCUT2D eigenvalue weighted by Gasteiger charge is 2.31. The Morgan fingerprint density at radius 2 is 1.94 bits per heavy atom. The molecule has 2 aliphatic rings. The molecule has 2 aromatic rings. The van der Waals surface area contributed by atoms with Gasteiger partial charge in [-0.15, -0.1) is 0 Å². The minimum absolute atomic E-state index is 0.111. The molecule has 8 heteroatoms. The molecule has 0 atom stereocenters. The molecule has 33 heavy (non-hydrogen) atoms. The quantitative estimate of drug-likeness (QED) is 0.598. The lowest BCUT2D eigenvalue weighted by Crippen LogP contribution is -2.48. The number of rotatable bonds is 7. The molecule has 1 saturated carbocycles. The minimum atomic E-state index is -0.456. The van der Waals surface area contributed by atoms with Crippen molar-refractivity contribution in [1.82, 2.24) is 4.90 Å². The molecule has 4 rings (SSSR count). The summed E-state index contributed by atoms with van der Waals surface area (Å²) in [7, 11) is 1.79. The number of amides is 2. The largest absolute Gasteiger partial charge is 0.485 e. The minimum Gasteiger partial charge on any atom is -0.485 e. The highest BCUT2D eigenvalue weighted by atomic mass is 19.1. The molecule has 2 aromatic carbocycles. The van der Waals surface area contributed by atoms with E-state index in [1.165, 1.54) is 35.6 Å². The van der Waals surface area contributed by atoms with Crippen LogP contribution in [0.5, 0.6) is 11.5 Å². The number of fused-ring (bicyclic) bond motifs is 1. The van der Waals surface area contributed by atoms with Gasteiger partial charge in [0, 0.05) is 24.7 Å². The first-order valence-corrected chi connectivity index (χ1v) is 11.2. The van der Waals surface area contributed by atoms with Gasteiger partial charge in [0.1, 0.15) is 23.9 Å². The predicted molar refractivity (Wildman–Crippen MR) is 120 cm³/mol.